The van der Waals surface area contributed by atoms with Crippen LogP contribution in [0.4, 0.5) is 5.82 Å². The van der Waals surface area contributed by atoms with Gasteiger partial charge in [-0.1, -0.05) is 12.8 Å². The molecule has 2 atom stereocenters. The Morgan fingerprint density at radius 1 is 1.00 bits per heavy atom. The molecule has 11 nitrogen and oxygen atoms in total. The molecule has 0 spiro atoms. The van der Waals surface area contributed by atoms with Gasteiger partial charge in [0.2, 0.25) is 5.28 Å². The van der Waals surface area contributed by atoms with Crippen LogP contribution in [-0.2, 0) is 18.5 Å². The minimum absolute atomic E-state index is 0.0335. The van der Waals surface area contributed by atoms with E-state index >= 15 is 0 Å². The minimum atomic E-state index is -1.50. The highest BCUT2D eigenvalue weighted by Crippen LogP contribution is 2.46. The van der Waals surface area contributed by atoms with Gasteiger partial charge in [0.15, 0.2) is 26.0 Å². The van der Waals surface area contributed by atoms with Gasteiger partial charge in [0.1, 0.15) is 12.2 Å². The maximum absolute atomic E-state index is 8.08. The fourth-order valence-electron chi connectivity index (χ4n) is 4.41. The topological polar surface area (TPSA) is 133 Å². The largest absolute Gasteiger partial charge is 0.369 e. The van der Waals surface area contributed by atoms with Crippen molar-refractivity contribution in [1.29, 1.82) is 0 Å². The lowest BCUT2D eigenvalue weighted by atomic mass is 10.2. The second kappa shape index (κ2) is 13.9. The molecule has 2 aromatic heterocycles. The van der Waals surface area contributed by atoms with Gasteiger partial charge in [0.25, 0.3) is 0 Å². The van der Waals surface area contributed by atoms with Crippen molar-refractivity contribution in [2.24, 2.45) is 0 Å². The first-order valence-electron chi connectivity index (χ1n) is 14.0. The van der Waals surface area contributed by atoms with Crippen molar-refractivity contribution in [2.45, 2.75) is 129 Å². The number of aliphatic hydroxyl groups is 2. The Bertz CT molecular complexity index is 1060. The standard InChI is InChI=1S/C24H39ClN5O4P.C3H8O2/c1-23(2,3)33-35(34-24(4,5)6)15-31-14-17-11-12-19(32-17)30-21-18(13-26-30)20(28-22(25)29-21)27-16-9-7-8-10-16;1-3(2,4)5/h13,16-17,19H,7-12,14-15H2,1-6H3,(H,27,28,29);4-5H,1-2H3. The summed E-state index contributed by atoms with van der Waals surface area (Å²) in [4.78, 5) is 8.90. The van der Waals surface area contributed by atoms with Gasteiger partial charge in [-0.05, 0) is 92.7 Å². The van der Waals surface area contributed by atoms with Crippen molar-refractivity contribution in [2.75, 3.05) is 18.3 Å². The molecular weight excluding hydrogens is 557 g/mol. The number of hydrogen-bond acceptors (Lipinski definition) is 10. The molecule has 2 fully saturated rings. The second-order valence-electron chi connectivity index (χ2n) is 12.8. The molecule has 4 rings (SSSR count). The Balaban J connectivity index is 0.000000810. The molecule has 3 N–H and O–H groups in total. The first-order valence-corrected chi connectivity index (χ1v) is 15.7. The minimum Gasteiger partial charge on any atom is -0.369 e. The van der Waals surface area contributed by atoms with E-state index in [1.54, 1.807) is 6.20 Å². The number of nitrogens with one attached hydrogen (secondary N) is 1. The lowest BCUT2D eigenvalue weighted by Gasteiger charge is -2.31. The summed E-state index contributed by atoms with van der Waals surface area (Å²) in [6.45, 7) is 15.2. The Hall–Kier alpha value is -1.17. The van der Waals surface area contributed by atoms with Crippen LogP contribution < -0.4 is 5.32 Å². The molecular formula is C27H47ClN5O6P. The molecule has 1 saturated carbocycles. The lowest BCUT2D eigenvalue weighted by molar-refractivity contribution is -0.127. The number of aromatic nitrogens is 4. The maximum Gasteiger partial charge on any atom is 0.226 e. The SMILES string of the molecule is CC(C)(C)OP(COCC1CCC(n2ncc3c(NC4CCCC4)nc(Cl)nc32)O1)OC(C)(C)C.CC(C)(O)O. The number of halogens is 1. The van der Waals surface area contributed by atoms with Gasteiger partial charge in [-0.3, -0.25) is 0 Å². The average Bonchev–Trinajstić information content (AvgIpc) is 3.51. The molecule has 2 unspecified atom stereocenters. The summed E-state index contributed by atoms with van der Waals surface area (Å²) in [6, 6.07) is 0.423. The van der Waals surface area contributed by atoms with Crippen LogP contribution in [0.1, 0.15) is 100 Å². The van der Waals surface area contributed by atoms with Gasteiger partial charge in [-0.15, -0.1) is 0 Å². The predicted molar refractivity (Wildman–Crippen MR) is 157 cm³/mol. The smallest absolute Gasteiger partial charge is 0.226 e. The number of hydrogen-bond donors (Lipinski definition) is 3. The van der Waals surface area contributed by atoms with Gasteiger partial charge in [0, 0.05) is 6.04 Å². The molecule has 0 amide bonds. The summed E-state index contributed by atoms with van der Waals surface area (Å²) in [5, 5.41) is 25.4. The summed E-state index contributed by atoms with van der Waals surface area (Å²) in [5.74, 6) is -0.748. The fourth-order valence-corrected chi connectivity index (χ4v) is 6.20. The summed E-state index contributed by atoms with van der Waals surface area (Å²) in [6.07, 6.45) is 8.42. The number of ether oxygens (including phenoxy) is 2. The van der Waals surface area contributed by atoms with E-state index in [9.17, 15) is 0 Å². The van der Waals surface area contributed by atoms with Crippen molar-refractivity contribution in [3.8, 4) is 0 Å². The first kappa shape index (κ1) is 33.3. The van der Waals surface area contributed by atoms with Crippen LogP contribution in [0.15, 0.2) is 6.20 Å². The van der Waals surface area contributed by atoms with E-state index < -0.39 is 14.2 Å². The molecule has 1 aliphatic carbocycles. The third-order valence-corrected chi connectivity index (χ3v) is 7.80. The van der Waals surface area contributed by atoms with E-state index in [2.05, 4.69) is 20.4 Å². The van der Waals surface area contributed by atoms with Crippen LogP contribution in [0.2, 0.25) is 5.28 Å². The lowest BCUT2D eigenvalue weighted by Crippen LogP contribution is -2.24. The zero-order chi connectivity index (χ0) is 29.7. The molecule has 0 aromatic carbocycles. The van der Waals surface area contributed by atoms with Crippen molar-refractivity contribution in [1.82, 2.24) is 19.7 Å². The second-order valence-corrected chi connectivity index (χ2v) is 14.4. The Morgan fingerprint density at radius 3 is 2.17 bits per heavy atom. The van der Waals surface area contributed by atoms with Crippen molar-refractivity contribution < 1.29 is 28.7 Å². The van der Waals surface area contributed by atoms with E-state index in [1.807, 2.05) is 46.2 Å². The van der Waals surface area contributed by atoms with Gasteiger partial charge in [0.05, 0.1) is 35.5 Å². The number of rotatable bonds is 9. The summed E-state index contributed by atoms with van der Waals surface area (Å²) in [7, 11) is -1.18. The van der Waals surface area contributed by atoms with Crippen molar-refractivity contribution in [3.63, 3.8) is 0 Å². The van der Waals surface area contributed by atoms with E-state index in [0.29, 0.717) is 24.6 Å². The maximum atomic E-state index is 8.08. The zero-order valence-electron chi connectivity index (χ0n) is 25.1. The van der Waals surface area contributed by atoms with E-state index in [4.69, 9.17) is 40.3 Å². The van der Waals surface area contributed by atoms with Gasteiger partial charge >= 0.3 is 0 Å². The Morgan fingerprint density at radius 2 is 1.60 bits per heavy atom. The van der Waals surface area contributed by atoms with Crippen molar-refractivity contribution >= 4 is 36.8 Å². The normalized spacial score (nSPS) is 20.8. The monoisotopic (exact) mass is 603 g/mol. The molecule has 3 heterocycles. The molecule has 228 valence electrons. The summed E-state index contributed by atoms with van der Waals surface area (Å²) >= 11 is 6.28. The third kappa shape index (κ3) is 11.6. The van der Waals surface area contributed by atoms with E-state index in [-0.39, 0.29) is 28.8 Å². The molecule has 0 radical (unpaired) electrons. The van der Waals surface area contributed by atoms with Crippen LogP contribution in [0, 0.1) is 0 Å². The van der Waals surface area contributed by atoms with Crippen LogP contribution in [0.5, 0.6) is 0 Å². The number of fused-ring (bicyclic) bond motifs is 1. The quantitative estimate of drug-likeness (QED) is 0.174. The fraction of sp³-hybridized carbons (Fsp3) is 0.815. The van der Waals surface area contributed by atoms with Crippen LogP contribution in [-0.4, -0.2) is 72.1 Å². The summed E-state index contributed by atoms with van der Waals surface area (Å²) < 4.78 is 26.3. The highest BCUT2D eigenvalue weighted by atomic mass is 35.5. The molecule has 40 heavy (non-hydrogen) atoms. The molecule has 0 bridgehead atoms. The van der Waals surface area contributed by atoms with E-state index in [1.165, 1.54) is 26.7 Å². The molecule has 1 saturated heterocycles. The Labute approximate surface area is 244 Å². The Kier molecular flexibility index (Phi) is 11.6. The van der Waals surface area contributed by atoms with Crippen molar-refractivity contribution in [3.05, 3.63) is 11.5 Å². The van der Waals surface area contributed by atoms with Crippen LogP contribution >= 0.6 is 20.0 Å². The van der Waals surface area contributed by atoms with Gasteiger partial charge in [-0.2, -0.15) is 15.1 Å². The molecule has 13 heteroatoms. The highest BCUT2D eigenvalue weighted by molar-refractivity contribution is 7.47. The highest BCUT2D eigenvalue weighted by Gasteiger charge is 2.31. The number of nitrogens with zero attached hydrogens (tertiary/aromatic N) is 4. The van der Waals surface area contributed by atoms with Crippen LogP contribution in [0.25, 0.3) is 11.0 Å². The van der Waals surface area contributed by atoms with Gasteiger partial charge < -0.3 is 34.1 Å². The van der Waals surface area contributed by atoms with E-state index in [0.717, 1.165) is 36.9 Å². The average molecular weight is 604 g/mol. The third-order valence-electron chi connectivity index (χ3n) is 5.73. The van der Waals surface area contributed by atoms with Gasteiger partial charge in [-0.25, -0.2) is 4.68 Å². The number of anilines is 1. The molecule has 2 aliphatic rings. The summed E-state index contributed by atoms with van der Waals surface area (Å²) in [5.41, 5.74) is 0.0912. The first-order chi connectivity index (χ1) is 18.5. The molecule has 2 aromatic rings. The zero-order valence-corrected chi connectivity index (χ0v) is 26.8. The van der Waals surface area contributed by atoms with Crippen LogP contribution in [0.3, 0.4) is 0 Å². The predicted octanol–water partition coefficient (Wildman–Crippen LogP) is 6.14. The molecule has 1 aliphatic heterocycles.